The maximum absolute atomic E-state index is 12.0. The average Bonchev–Trinajstić information content (AvgIpc) is 2.88. The van der Waals surface area contributed by atoms with Crippen LogP contribution in [-0.4, -0.2) is 23.5 Å². The number of amides is 1. The van der Waals surface area contributed by atoms with E-state index in [1.807, 2.05) is 20.8 Å². The highest BCUT2D eigenvalue weighted by Gasteiger charge is 2.40. The minimum atomic E-state index is -0.569. The third-order valence-corrected chi connectivity index (χ3v) is 4.47. The third kappa shape index (κ3) is 3.97. The molecule has 0 aromatic heterocycles. The molecule has 114 valence electrons. The van der Waals surface area contributed by atoms with Crippen LogP contribution >= 0.6 is 0 Å². The molecule has 1 N–H and O–H groups in total. The summed E-state index contributed by atoms with van der Waals surface area (Å²) >= 11 is 0. The van der Waals surface area contributed by atoms with Gasteiger partial charge in [-0.25, -0.2) is 4.79 Å². The summed E-state index contributed by atoms with van der Waals surface area (Å²) in [6.45, 7) is 7.17. The van der Waals surface area contributed by atoms with Gasteiger partial charge in [-0.1, -0.05) is 6.42 Å². The molecule has 0 spiro atoms. The van der Waals surface area contributed by atoms with Gasteiger partial charge in [-0.3, -0.25) is 4.79 Å². The van der Waals surface area contributed by atoms with Crippen LogP contribution in [0.1, 0.15) is 59.8 Å². The van der Waals surface area contributed by atoms with Crippen molar-refractivity contribution in [3.05, 3.63) is 0 Å². The average molecular weight is 281 g/mol. The van der Waals surface area contributed by atoms with Gasteiger partial charge >= 0.3 is 5.97 Å². The zero-order chi connectivity index (χ0) is 14.9. The molecular weight excluding hydrogens is 254 g/mol. The molecule has 3 unspecified atom stereocenters. The summed E-state index contributed by atoms with van der Waals surface area (Å²) in [5, 5.41) is 2.78. The molecule has 2 bridgehead atoms. The van der Waals surface area contributed by atoms with Crippen LogP contribution in [0.5, 0.6) is 0 Å². The lowest BCUT2D eigenvalue weighted by atomic mass is 9.86. The summed E-state index contributed by atoms with van der Waals surface area (Å²) in [7, 11) is 0. The first-order valence-electron chi connectivity index (χ1n) is 7.77. The Bertz CT molecular complexity index is 386. The number of hydrogen-bond acceptors (Lipinski definition) is 3. The molecule has 2 rings (SSSR count). The van der Waals surface area contributed by atoms with Crippen LogP contribution in [0.3, 0.4) is 0 Å². The lowest BCUT2D eigenvalue weighted by molar-refractivity contribution is -0.158. The lowest BCUT2D eigenvalue weighted by Crippen LogP contribution is -2.42. The monoisotopic (exact) mass is 281 g/mol. The summed E-state index contributed by atoms with van der Waals surface area (Å²) in [5.74, 6) is 1.74. The first-order chi connectivity index (χ1) is 9.24. The highest BCUT2D eigenvalue weighted by molar-refractivity contribution is 5.84. The van der Waals surface area contributed by atoms with E-state index in [0.717, 1.165) is 11.8 Å². The van der Waals surface area contributed by atoms with Gasteiger partial charge in [0.05, 0.1) is 0 Å². The molecule has 2 aliphatic carbocycles. The smallest absolute Gasteiger partial charge is 0.328 e. The van der Waals surface area contributed by atoms with E-state index in [1.165, 1.54) is 25.7 Å². The molecule has 0 heterocycles. The first kappa shape index (κ1) is 15.3. The van der Waals surface area contributed by atoms with Crippen LogP contribution in [0.25, 0.3) is 0 Å². The molecule has 4 atom stereocenters. The normalized spacial score (nSPS) is 30.1. The predicted octanol–water partition coefficient (Wildman–Crippen LogP) is 2.66. The van der Waals surface area contributed by atoms with E-state index < -0.39 is 11.6 Å². The third-order valence-electron chi connectivity index (χ3n) is 4.47. The Balaban J connectivity index is 1.75. The van der Waals surface area contributed by atoms with Gasteiger partial charge in [-0.15, -0.1) is 0 Å². The fourth-order valence-corrected chi connectivity index (χ4v) is 3.61. The van der Waals surface area contributed by atoms with Gasteiger partial charge in [-0.05, 0) is 64.7 Å². The second-order valence-corrected chi connectivity index (χ2v) is 7.46. The largest absolute Gasteiger partial charge is 0.458 e. The van der Waals surface area contributed by atoms with Crippen LogP contribution in [0.2, 0.25) is 0 Å². The maximum Gasteiger partial charge on any atom is 0.328 e. The topological polar surface area (TPSA) is 55.4 Å². The molecule has 20 heavy (non-hydrogen) atoms. The van der Waals surface area contributed by atoms with Crippen molar-refractivity contribution in [3.63, 3.8) is 0 Å². The van der Waals surface area contributed by atoms with Gasteiger partial charge in [0.15, 0.2) is 0 Å². The van der Waals surface area contributed by atoms with Gasteiger partial charge in [0, 0.05) is 6.42 Å². The Morgan fingerprint density at radius 2 is 1.95 bits per heavy atom. The Morgan fingerprint density at radius 1 is 1.25 bits per heavy atom. The minimum absolute atomic E-state index is 0.0130. The van der Waals surface area contributed by atoms with Crippen LogP contribution in [0.15, 0.2) is 0 Å². The summed E-state index contributed by atoms with van der Waals surface area (Å²) in [5.41, 5.74) is -0.513. The SMILES string of the molecule is C[C@H](NC(=O)CC1CC2CCC1C2)C(=O)OC(C)(C)C. The van der Waals surface area contributed by atoms with Crippen molar-refractivity contribution in [2.45, 2.75) is 71.4 Å². The Morgan fingerprint density at radius 3 is 2.45 bits per heavy atom. The second-order valence-electron chi connectivity index (χ2n) is 7.46. The molecule has 0 radical (unpaired) electrons. The zero-order valence-electron chi connectivity index (χ0n) is 13.1. The van der Waals surface area contributed by atoms with E-state index in [0.29, 0.717) is 12.3 Å². The van der Waals surface area contributed by atoms with E-state index >= 15 is 0 Å². The number of ether oxygens (including phenoxy) is 1. The Kier molecular flexibility index (Phi) is 4.40. The number of carbonyl (C=O) groups excluding carboxylic acids is 2. The van der Waals surface area contributed by atoms with E-state index in [4.69, 9.17) is 4.74 Å². The summed E-state index contributed by atoms with van der Waals surface area (Å²) in [4.78, 5) is 23.9. The summed E-state index contributed by atoms with van der Waals surface area (Å²) < 4.78 is 5.27. The highest BCUT2D eigenvalue weighted by Crippen LogP contribution is 2.49. The number of rotatable bonds is 4. The maximum atomic E-state index is 12.0. The van der Waals surface area contributed by atoms with Crippen molar-refractivity contribution in [2.75, 3.05) is 0 Å². The van der Waals surface area contributed by atoms with Gasteiger partial charge < -0.3 is 10.1 Å². The number of nitrogens with one attached hydrogen (secondary N) is 1. The van der Waals surface area contributed by atoms with E-state index in [1.54, 1.807) is 6.92 Å². The number of hydrogen-bond donors (Lipinski definition) is 1. The fraction of sp³-hybridized carbons (Fsp3) is 0.875. The zero-order valence-corrected chi connectivity index (χ0v) is 13.1. The molecule has 0 aliphatic heterocycles. The Hall–Kier alpha value is -1.06. The molecule has 2 saturated carbocycles. The number of carbonyl (C=O) groups is 2. The van der Waals surface area contributed by atoms with E-state index in [9.17, 15) is 9.59 Å². The minimum Gasteiger partial charge on any atom is -0.458 e. The van der Waals surface area contributed by atoms with E-state index in [2.05, 4.69) is 5.32 Å². The van der Waals surface area contributed by atoms with Crippen LogP contribution < -0.4 is 5.32 Å². The second kappa shape index (κ2) is 5.74. The molecular formula is C16H27NO3. The molecule has 4 heteroatoms. The summed E-state index contributed by atoms with van der Waals surface area (Å²) in [6.07, 6.45) is 5.69. The number of fused-ring (bicyclic) bond motifs is 2. The van der Waals surface area contributed by atoms with Crippen molar-refractivity contribution in [1.29, 1.82) is 0 Å². The van der Waals surface area contributed by atoms with Gasteiger partial charge in [0.25, 0.3) is 0 Å². The lowest BCUT2D eigenvalue weighted by Gasteiger charge is -2.24. The van der Waals surface area contributed by atoms with Gasteiger partial charge in [-0.2, -0.15) is 0 Å². The highest BCUT2D eigenvalue weighted by atomic mass is 16.6. The Labute approximate surface area is 121 Å². The van der Waals surface area contributed by atoms with Gasteiger partial charge in [0.2, 0.25) is 5.91 Å². The molecule has 0 aromatic rings. The number of esters is 1. The summed E-state index contributed by atoms with van der Waals surface area (Å²) in [6, 6.07) is -0.569. The van der Waals surface area contributed by atoms with Gasteiger partial charge in [0.1, 0.15) is 11.6 Å². The van der Waals surface area contributed by atoms with Crippen molar-refractivity contribution in [2.24, 2.45) is 17.8 Å². The molecule has 4 nitrogen and oxygen atoms in total. The quantitative estimate of drug-likeness (QED) is 0.806. The van der Waals surface area contributed by atoms with Crippen LogP contribution in [0, 0.1) is 17.8 Å². The van der Waals surface area contributed by atoms with Crippen molar-refractivity contribution >= 4 is 11.9 Å². The molecule has 0 aromatic carbocycles. The van der Waals surface area contributed by atoms with E-state index in [-0.39, 0.29) is 11.9 Å². The molecule has 2 fully saturated rings. The first-order valence-corrected chi connectivity index (χ1v) is 7.77. The molecule has 1 amide bonds. The van der Waals surface area contributed by atoms with Crippen molar-refractivity contribution in [1.82, 2.24) is 5.32 Å². The van der Waals surface area contributed by atoms with Crippen molar-refractivity contribution in [3.8, 4) is 0 Å². The van der Waals surface area contributed by atoms with Crippen LogP contribution in [-0.2, 0) is 14.3 Å². The van der Waals surface area contributed by atoms with Crippen molar-refractivity contribution < 1.29 is 14.3 Å². The standard InChI is InChI=1S/C16H27NO3/c1-10(15(19)20-16(2,3)4)17-14(18)9-13-8-11-5-6-12(13)7-11/h10-13H,5-9H2,1-4H3,(H,17,18)/t10-,11?,12?,13?/m0/s1. The fourth-order valence-electron chi connectivity index (χ4n) is 3.61. The molecule has 0 saturated heterocycles. The van der Waals surface area contributed by atoms with Crippen LogP contribution in [0.4, 0.5) is 0 Å². The molecule has 2 aliphatic rings. The predicted molar refractivity (Wildman–Crippen MR) is 77.0 cm³/mol.